The molecule has 2 amide bonds. The second-order valence-electron chi connectivity index (χ2n) is 7.75. The third kappa shape index (κ3) is 5.85. The minimum absolute atomic E-state index is 0.111. The minimum Gasteiger partial charge on any atom is -0.497 e. The van der Waals surface area contributed by atoms with Crippen LogP contribution in [-0.4, -0.2) is 30.5 Å². The fraction of sp³-hybridized carbons (Fsp3) is 0.111. The predicted molar refractivity (Wildman–Crippen MR) is 140 cm³/mol. The highest BCUT2D eigenvalue weighted by molar-refractivity contribution is 6.42. The SMILES string of the molecule is COc1ccc2[nH]cc(/C=C(\NC(=O)c3ccccc3)C(=O)NCCc3cccc(Cl)c3Cl)c2c1. The van der Waals surface area contributed by atoms with Crippen LogP contribution in [0.25, 0.3) is 17.0 Å². The molecule has 0 aliphatic heterocycles. The smallest absolute Gasteiger partial charge is 0.267 e. The van der Waals surface area contributed by atoms with E-state index in [0.717, 1.165) is 22.0 Å². The van der Waals surface area contributed by atoms with E-state index in [2.05, 4.69) is 15.6 Å². The number of halogens is 2. The number of rotatable bonds is 8. The Balaban J connectivity index is 1.59. The van der Waals surface area contributed by atoms with Crippen LogP contribution in [0.15, 0.2) is 78.6 Å². The number of methoxy groups -OCH3 is 1. The zero-order valence-corrected chi connectivity index (χ0v) is 20.4. The Bertz CT molecular complexity index is 1400. The van der Waals surface area contributed by atoms with Crippen molar-refractivity contribution in [3.63, 3.8) is 0 Å². The second kappa shape index (κ2) is 11.1. The number of aromatic amines is 1. The Morgan fingerprint density at radius 2 is 1.83 bits per heavy atom. The number of amides is 2. The van der Waals surface area contributed by atoms with Crippen molar-refractivity contribution in [1.82, 2.24) is 15.6 Å². The number of carbonyl (C=O) groups is 2. The molecule has 1 aromatic heterocycles. The Morgan fingerprint density at radius 1 is 1.03 bits per heavy atom. The molecule has 3 N–H and O–H groups in total. The molecular formula is C27H23Cl2N3O3. The van der Waals surface area contributed by atoms with Gasteiger partial charge in [-0.05, 0) is 54.5 Å². The highest BCUT2D eigenvalue weighted by Crippen LogP contribution is 2.26. The molecule has 0 radical (unpaired) electrons. The standard InChI is InChI=1S/C27H23Cl2N3O3/c1-35-20-10-11-23-21(15-20)19(16-31-23)14-24(32-26(33)18-6-3-2-4-7-18)27(34)30-13-12-17-8-5-9-22(28)25(17)29/h2-11,14-16,31H,12-13H2,1H3,(H,30,34)(H,32,33)/b24-14-. The Hall–Kier alpha value is -3.74. The summed E-state index contributed by atoms with van der Waals surface area (Å²) >= 11 is 12.3. The summed E-state index contributed by atoms with van der Waals surface area (Å²) in [6, 6.07) is 19.7. The summed E-state index contributed by atoms with van der Waals surface area (Å²) in [6.45, 7) is 0.305. The molecule has 3 aromatic carbocycles. The highest BCUT2D eigenvalue weighted by atomic mass is 35.5. The van der Waals surface area contributed by atoms with E-state index < -0.39 is 5.91 Å². The van der Waals surface area contributed by atoms with E-state index in [4.69, 9.17) is 27.9 Å². The van der Waals surface area contributed by atoms with Crippen LogP contribution in [0.2, 0.25) is 10.0 Å². The highest BCUT2D eigenvalue weighted by Gasteiger charge is 2.16. The fourth-order valence-corrected chi connectivity index (χ4v) is 4.03. The average Bonchev–Trinajstić information content (AvgIpc) is 3.28. The molecule has 6 nitrogen and oxygen atoms in total. The van der Waals surface area contributed by atoms with Crippen LogP contribution >= 0.6 is 23.2 Å². The van der Waals surface area contributed by atoms with Gasteiger partial charge in [0.1, 0.15) is 11.4 Å². The minimum atomic E-state index is -0.426. The molecule has 0 unspecified atom stereocenters. The van der Waals surface area contributed by atoms with E-state index in [1.807, 2.05) is 36.4 Å². The largest absolute Gasteiger partial charge is 0.497 e. The third-order valence-corrected chi connectivity index (χ3v) is 6.32. The molecule has 0 spiro atoms. The lowest BCUT2D eigenvalue weighted by Gasteiger charge is -2.12. The van der Waals surface area contributed by atoms with Crippen LogP contribution in [-0.2, 0) is 11.2 Å². The molecule has 1 heterocycles. The Kier molecular flexibility index (Phi) is 7.75. The van der Waals surface area contributed by atoms with E-state index >= 15 is 0 Å². The second-order valence-corrected chi connectivity index (χ2v) is 8.54. The molecule has 4 rings (SSSR count). The van der Waals surface area contributed by atoms with Crippen LogP contribution in [0.3, 0.4) is 0 Å². The molecule has 178 valence electrons. The lowest BCUT2D eigenvalue weighted by Crippen LogP contribution is -2.35. The molecule has 0 saturated heterocycles. The zero-order valence-electron chi connectivity index (χ0n) is 18.9. The van der Waals surface area contributed by atoms with Gasteiger partial charge < -0.3 is 20.4 Å². The third-order valence-electron chi connectivity index (χ3n) is 5.46. The van der Waals surface area contributed by atoms with Crippen molar-refractivity contribution >= 4 is 52.0 Å². The molecule has 0 atom stereocenters. The van der Waals surface area contributed by atoms with Crippen LogP contribution in [0.1, 0.15) is 21.5 Å². The summed E-state index contributed by atoms with van der Waals surface area (Å²) in [5.74, 6) is -0.128. The van der Waals surface area contributed by atoms with Gasteiger partial charge in [0.2, 0.25) is 0 Å². The molecule has 0 aliphatic rings. The van der Waals surface area contributed by atoms with Gasteiger partial charge in [0, 0.05) is 34.8 Å². The Morgan fingerprint density at radius 3 is 2.60 bits per heavy atom. The first-order valence-electron chi connectivity index (χ1n) is 10.9. The molecule has 0 fully saturated rings. The quantitative estimate of drug-likeness (QED) is 0.271. The molecule has 0 aliphatic carbocycles. The molecule has 4 aromatic rings. The van der Waals surface area contributed by atoms with Gasteiger partial charge in [0.25, 0.3) is 11.8 Å². The van der Waals surface area contributed by atoms with Crippen molar-refractivity contribution in [2.75, 3.05) is 13.7 Å². The summed E-state index contributed by atoms with van der Waals surface area (Å²) in [5, 5.41) is 7.39. The summed E-state index contributed by atoms with van der Waals surface area (Å²) in [5.41, 5.74) is 2.98. The van der Waals surface area contributed by atoms with E-state index in [1.165, 1.54) is 0 Å². The first kappa shape index (κ1) is 24.4. The number of hydrogen-bond donors (Lipinski definition) is 3. The first-order chi connectivity index (χ1) is 17.0. The molecule has 0 bridgehead atoms. The van der Waals surface area contributed by atoms with Crippen LogP contribution in [0, 0.1) is 0 Å². The number of aromatic nitrogens is 1. The van der Waals surface area contributed by atoms with Crippen LogP contribution in [0.5, 0.6) is 5.75 Å². The number of carbonyl (C=O) groups excluding carboxylic acids is 2. The van der Waals surface area contributed by atoms with Gasteiger partial charge in [-0.2, -0.15) is 0 Å². The number of hydrogen-bond acceptors (Lipinski definition) is 3. The summed E-state index contributed by atoms with van der Waals surface area (Å²) in [7, 11) is 1.59. The van der Waals surface area contributed by atoms with Gasteiger partial charge in [-0.25, -0.2) is 0 Å². The zero-order chi connectivity index (χ0) is 24.8. The van der Waals surface area contributed by atoms with E-state index in [-0.39, 0.29) is 11.6 Å². The van der Waals surface area contributed by atoms with Crippen molar-refractivity contribution in [1.29, 1.82) is 0 Å². The van der Waals surface area contributed by atoms with Crippen molar-refractivity contribution in [2.45, 2.75) is 6.42 Å². The fourth-order valence-electron chi connectivity index (χ4n) is 3.61. The monoisotopic (exact) mass is 507 g/mol. The van der Waals surface area contributed by atoms with E-state index in [1.54, 1.807) is 49.7 Å². The van der Waals surface area contributed by atoms with Gasteiger partial charge in [0.05, 0.1) is 17.2 Å². The van der Waals surface area contributed by atoms with Crippen LogP contribution in [0.4, 0.5) is 0 Å². The first-order valence-corrected chi connectivity index (χ1v) is 11.7. The number of benzene rings is 3. The molecule has 35 heavy (non-hydrogen) atoms. The number of fused-ring (bicyclic) bond motifs is 1. The Labute approximate surface area is 212 Å². The van der Waals surface area contributed by atoms with E-state index in [9.17, 15) is 9.59 Å². The molecule has 8 heteroatoms. The van der Waals surface area contributed by atoms with Gasteiger partial charge in [-0.15, -0.1) is 0 Å². The maximum absolute atomic E-state index is 13.1. The lowest BCUT2D eigenvalue weighted by molar-refractivity contribution is -0.117. The van der Waals surface area contributed by atoms with Gasteiger partial charge in [0.15, 0.2) is 0 Å². The summed E-state index contributed by atoms with van der Waals surface area (Å²) in [6.07, 6.45) is 3.90. The summed E-state index contributed by atoms with van der Waals surface area (Å²) < 4.78 is 5.33. The van der Waals surface area contributed by atoms with Gasteiger partial charge in [-0.3, -0.25) is 9.59 Å². The number of ether oxygens (including phenoxy) is 1. The van der Waals surface area contributed by atoms with Crippen LogP contribution < -0.4 is 15.4 Å². The van der Waals surface area contributed by atoms with Crippen molar-refractivity contribution < 1.29 is 14.3 Å². The van der Waals surface area contributed by atoms with Crippen molar-refractivity contribution in [2.24, 2.45) is 0 Å². The number of H-pyrrole nitrogens is 1. The predicted octanol–water partition coefficient (Wildman–Crippen LogP) is 5.61. The van der Waals surface area contributed by atoms with Gasteiger partial charge >= 0.3 is 0 Å². The van der Waals surface area contributed by atoms with Crippen molar-refractivity contribution in [3.05, 3.63) is 105 Å². The van der Waals surface area contributed by atoms with Crippen molar-refractivity contribution in [3.8, 4) is 5.75 Å². The lowest BCUT2D eigenvalue weighted by atomic mass is 10.1. The molecular weight excluding hydrogens is 485 g/mol. The normalized spacial score (nSPS) is 11.3. The maximum Gasteiger partial charge on any atom is 0.267 e. The van der Waals surface area contributed by atoms with Gasteiger partial charge in [-0.1, -0.05) is 53.5 Å². The van der Waals surface area contributed by atoms with E-state index in [0.29, 0.717) is 34.3 Å². The topological polar surface area (TPSA) is 83.2 Å². The number of nitrogens with one attached hydrogen (secondary N) is 3. The average molecular weight is 508 g/mol. The summed E-state index contributed by atoms with van der Waals surface area (Å²) in [4.78, 5) is 29.2. The maximum atomic E-state index is 13.1. The molecule has 0 saturated carbocycles.